The van der Waals surface area contributed by atoms with E-state index in [9.17, 15) is 0 Å². The van der Waals surface area contributed by atoms with Gasteiger partial charge in [-0.3, -0.25) is 0 Å². The molecule has 1 unspecified atom stereocenters. The fraction of sp³-hybridized carbons (Fsp3) is 0.188. The van der Waals surface area contributed by atoms with Crippen LogP contribution < -0.4 is 18.9 Å². The third-order valence-corrected chi connectivity index (χ3v) is 7.87. The van der Waals surface area contributed by atoms with E-state index in [-0.39, 0.29) is 11.8 Å². The number of allylic oxidation sites excluding steroid dienone is 1. The van der Waals surface area contributed by atoms with E-state index in [1.165, 1.54) is 0 Å². The van der Waals surface area contributed by atoms with Gasteiger partial charge >= 0.3 is 0 Å². The smallest absolute Gasteiger partial charge is 0.282 e. The molecule has 2 heterocycles. The van der Waals surface area contributed by atoms with Crippen LogP contribution in [0.25, 0.3) is 6.08 Å². The Kier molecular flexibility index (Phi) is 6.46. The Morgan fingerprint density at radius 2 is 1.37 bits per heavy atom. The maximum absolute atomic E-state index is 6.88. The fourth-order valence-electron chi connectivity index (χ4n) is 5.60. The van der Waals surface area contributed by atoms with Crippen molar-refractivity contribution in [3.63, 3.8) is 0 Å². The predicted octanol–water partition coefficient (Wildman–Crippen LogP) is 8.30. The third kappa shape index (κ3) is 4.18. The van der Waals surface area contributed by atoms with Crippen LogP contribution in [0.2, 0.25) is 10.0 Å². The van der Waals surface area contributed by atoms with Gasteiger partial charge in [0.25, 0.3) is 5.79 Å². The lowest BCUT2D eigenvalue weighted by Crippen LogP contribution is -2.54. The van der Waals surface area contributed by atoms with Gasteiger partial charge in [0, 0.05) is 32.7 Å². The minimum Gasteiger partial charge on any atom is -0.496 e. The molecule has 38 heavy (non-hydrogen) atoms. The zero-order chi connectivity index (χ0) is 26.3. The van der Waals surface area contributed by atoms with E-state index in [0.717, 1.165) is 39.5 Å². The predicted molar refractivity (Wildman–Crippen MR) is 151 cm³/mol. The average molecular weight is 545 g/mol. The van der Waals surface area contributed by atoms with Crippen LogP contribution in [0.3, 0.4) is 0 Å². The van der Waals surface area contributed by atoms with Gasteiger partial charge in [-0.1, -0.05) is 59.6 Å². The number of methoxy groups -OCH3 is 2. The monoisotopic (exact) mass is 544 g/mol. The molecule has 0 N–H and O–H groups in total. The first-order chi connectivity index (χ1) is 18.5. The van der Waals surface area contributed by atoms with Gasteiger partial charge in [-0.05, 0) is 72.6 Å². The van der Waals surface area contributed by atoms with Gasteiger partial charge in [0.15, 0.2) is 0 Å². The van der Waals surface area contributed by atoms with Crippen molar-refractivity contribution in [2.24, 2.45) is 5.92 Å². The van der Waals surface area contributed by atoms with Crippen LogP contribution in [-0.4, -0.2) is 14.2 Å². The molecule has 4 aromatic rings. The summed E-state index contributed by atoms with van der Waals surface area (Å²) in [5.74, 6) is 1.65. The minimum atomic E-state index is -1.10. The Labute approximate surface area is 232 Å². The summed E-state index contributed by atoms with van der Waals surface area (Å²) < 4.78 is 25.4. The summed E-state index contributed by atoms with van der Waals surface area (Å²) >= 11 is 12.4. The second kappa shape index (κ2) is 9.94. The Bertz CT molecular complexity index is 1500. The molecule has 0 fully saturated rings. The first-order valence-corrected chi connectivity index (χ1v) is 13.2. The van der Waals surface area contributed by atoms with E-state index >= 15 is 0 Å². The fourth-order valence-corrected chi connectivity index (χ4v) is 5.86. The van der Waals surface area contributed by atoms with Crippen molar-refractivity contribution >= 4 is 29.3 Å². The quantitative estimate of drug-likeness (QED) is 0.253. The normalized spacial score (nSPS) is 21.5. The summed E-state index contributed by atoms with van der Waals surface area (Å²) in [5.41, 5.74) is 3.93. The Hall–Kier alpha value is -3.60. The molecule has 6 rings (SSSR count). The van der Waals surface area contributed by atoms with Gasteiger partial charge in [-0.2, -0.15) is 0 Å². The maximum Gasteiger partial charge on any atom is 0.282 e. The molecular weight excluding hydrogens is 519 g/mol. The largest absolute Gasteiger partial charge is 0.496 e. The van der Waals surface area contributed by atoms with Crippen LogP contribution >= 0.6 is 23.2 Å². The molecule has 2 aliphatic heterocycles. The van der Waals surface area contributed by atoms with E-state index in [0.29, 0.717) is 22.2 Å². The number of halogens is 2. The highest BCUT2D eigenvalue weighted by Crippen LogP contribution is 2.58. The summed E-state index contributed by atoms with van der Waals surface area (Å²) in [6.45, 7) is 0. The van der Waals surface area contributed by atoms with Crippen LogP contribution in [0.1, 0.15) is 28.2 Å². The highest BCUT2D eigenvalue weighted by molar-refractivity contribution is 6.30. The molecule has 0 radical (unpaired) electrons. The first-order valence-electron chi connectivity index (χ1n) is 12.4. The van der Waals surface area contributed by atoms with Crippen molar-refractivity contribution in [1.82, 2.24) is 0 Å². The maximum atomic E-state index is 6.88. The van der Waals surface area contributed by atoms with Crippen molar-refractivity contribution in [3.05, 3.63) is 123 Å². The molecule has 0 saturated carbocycles. The third-order valence-electron chi connectivity index (χ3n) is 7.37. The van der Waals surface area contributed by atoms with Gasteiger partial charge in [0.05, 0.1) is 20.1 Å². The second-order valence-electron chi connectivity index (χ2n) is 9.43. The summed E-state index contributed by atoms with van der Waals surface area (Å²) in [5, 5.41) is 1.35. The molecule has 0 bridgehead atoms. The molecule has 3 atom stereocenters. The van der Waals surface area contributed by atoms with Gasteiger partial charge in [0.2, 0.25) is 0 Å². The van der Waals surface area contributed by atoms with Crippen LogP contribution in [0.4, 0.5) is 0 Å². The number of ether oxygens (including phenoxy) is 4. The summed E-state index contributed by atoms with van der Waals surface area (Å²) in [7, 11) is 3.37. The Morgan fingerprint density at radius 1 is 0.763 bits per heavy atom. The zero-order valence-corrected chi connectivity index (χ0v) is 22.5. The van der Waals surface area contributed by atoms with E-state index in [2.05, 4.69) is 12.2 Å². The summed E-state index contributed by atoms with van der Waals surface area (Å²) in [4.78, 5) is 0. The molecule has 0 aliphatic carbocycles. The second-order valence-corrected chi connectivity index (χ2v) is 10.3. The van der Waals surface area contributed by atoms with Crippen molar-refractivity contribution in [2.75, 3.05) is 14.2 Å². The minimum absolute atomic E-state index is 0.112. The van der Waals surface area contributed by atoms with Crippen LogP contribution in [0, 0.1) is 5.92 Å². The molecule has 0 aromatic heterocycles. The van der Waals surface area contributed by atoms with E-state index in [1.807, 2.05) is 84.9 Å². The molecule has 192 valence electrons. The Morgan fingerprint density at radius 3 is 2.05 bits per heavy atom. The summed E-state index contributed by atoms with van der Waals surface area (Å²) in [6.07, 6.45) is 4.99. The molecular formula is C32H26Cl2O4. The van der Waals surface area contributed by atoms with Crippen molar-refractivity contribution in [3.8, 4) is 23.0 Å². The SMILES string of the molecule is COc1cccc2c1C[C@@H]1C(/C=C/c3ccc(Cl)cc3)c3c(OC)cccc3O[C@]1(c1ccc(Cl)cc1)O2. The van der Waals surface area contributed by atoms with Gasteiger partial charge in [-0.15, -0.1) is 0 Å². The molecule has 4 aromatic carbocycles. The van der Waals surface area contributed by atoms with Crippen molar-refractivity contribution < 1.29 is 18.9 Å². The number of hydrogen-bond acceptors (Lipinski definition) is 4. The zero-order valence-electron chi connectivity index (χ0n) is 21.0. The number of benzene rings is 4. The van der Waals surface area contributed by atoms with Gasteiger partial charge < -0.3 is 18.9 Å². The lowest BCUT2D eigenvalue weighted by molar-refractivity contribution is -0.188. The van der Waals surface area contributed by atoms with E-state index in [4.69, 9.17) is 42.1 Å². The van der Waals surface area contributed by atoms with Crippen LogP contribution in [-0.2, 0) is 12.2 Å². The lowest BCUT2D eigenvalue weighted by Gasteiger charge is -2.50. The lowest BCUT2D eigenvalue weighted by atomic mass is 9.70. The average Bonchev–Trinajstić information content (AvgIpc) is 2.94. The molecule has 2 aliphatic rings. The first kappa shape index (κ1) is 24.7. The molecule has 0 amide bonds. The van der Waals surface area contributed by atoms with Crippen molar-refractivity contribution in [2.45, 2.75) is 18.1 Å². The van der Waals surface area contributed by atoms with Gasteiger partial charge in [0.1, 0.15) is 23.0 Å². The number of rotatable bonds is 5. The molecule has 6 heteroatoms. The highest BCUT2D eigenvalue weighted by atomic mass is 35.5. The van der Waals surface area contributed by atoms with Crippen molar-refractivity contribution in [1.29, 1.82) is 0 Å². The number of fused-ring (bicyclic) bond motifs is 3. The highest BCUT2D eigenvalue weighted by Gasteiger charge is 2.56. The van der Waals surface area contributed by atoms with Crippen LogP contribution in [0.5, 0.6) is 23.0 Å². The van der Waals surface area contributed by atoms with Gasteiger partial charge in [-0.25, -0.2) is 0 Å². The van der Waals surface area contributed by atoms with Crippen LogP contribution in [0.15, 0.2) is 91.0 Å². The standard InChI is InChI=1S/C32H26Cl2O4/c1-35-27-5-3-6-28-25(27)19-26-24(18-11-20-9-14-22(33)15-10-20)31-29(36-2)7-4-8-30(31)38-32(26,37-28)21-12-16-23(34)17-13-21/h3-18,24,26H,19H2,1-2H3/b18-11+/t24?,26-,32+/m1/s1. The van der Waals surface area contributed by atoms with E-state index < -0.39 is 5.79 Å². The molecule has 4 nitrogen and oxygen atoms in total. The topological polar surface area (TPSA) is 36.9 Å². The molecule has 0 spiro atoms. The molecule has 0 saturated heterocycles. The van der Waals surface area contributed by atoms with E-state index in [1.54, 1.807) is 14.2 Å². The number of hydrogen-bond donors (Lipinski definition) is 0. The Balaban J connectivity index is 1.58. The summed E-state index contributed by atoms with van der Waals surface area (Å²) in [6, 6.07) is 27.2.